The monoisotopic (exact) mass is 548 g/mol. The molecule has 1 N–H and O–H groups in total. The van der Waals surface area contributed by atoms with Gasteiger partial charge in [-0.05, 0) is 93.0 Å². The second-order valence-corrected chi connectivity index (χ2v) is 16.0. The Morgan fingerprint density at radius 2 is 1.68 bits per heavy atom. The van der Waals surface area contributed by atoms with Crippen molar-refractivity contribution >= 4 is 17.7 Å². The summed E-state index contributed by atoms with van der Waals surface area (Å²) in [6, 6.07) is 2.18. The maximum absolute atomic E-state index is 14.5. The summed E-state index contributed by atoms with van der Waals surface area (Å²) in [6.07, 6.45) is 9.34. The number of allylic oxidation sites excluding steroid dienone is 4. The lowest BCUT2D eigenvalue weighted by atomic mass is 9.35. The van der Waals surface area contributed by atoms with Crippen LogP contribution in [0, 0.1) is 56.2 Å². The molecule has 1 amide bonds. The van der Waals surface area contributed by atoms with E-state index in [1.807, 2.05) is 39.8 Å². The molecule has 5 rings (SSSR count). The summed E-state index contributed by atoms with van der Waals surface area (Å²) in [6.45, 7) is 19.0. The molecule has 218 valence electrons. The van der Waals surface area contributed by atoms with Crippen molar-refractivity contribution in [1.82, 2.24) is 5.32 Å². The van der Waals surface area contributed by atoms with Crippen molar-refractivity contribution in [3.8, 4) is 6.07 Å². The van der Waals surface area contributed by atoms with Crippen molar-refractivity contribution < 1.29 is 19.1 Å². The fourth-order valence-corrected chi connectivity index (χ4v) is 10.3. The van der Waals surface area contributed by atoms with Crippen molar-refractivity contribution in [3.63, 3.8) is 0 Å². The molecule has 3 saturated carbocycles. The van der Waals surface area contributed by atoms with Gasteiger partial charge in [-0.3, -0.25) is 9.59 Å². The third kappa shape index (κ3) is 3.82. The second kappa shape index (κ2) is 8.79. The molecule has 0 spiro atoms. The van der Waals surface area contributed by atoms with E-state index in [9.17, 15) is 19.6 Å². The van der Waals surface area contributed by atoms with Gasteiger partial charge in [-0.25, -0.2) is 4.79 Å². The number of Topliss-reactive ketones (excluding diaryl/α,β-unsaturated/α-hetero) is 1. The average molecular weight is 549 g/mol. The molecule has 0 aromatic heterocycles. The van der Waals surface area contributed by atoms with E-state index >= 15 is 0 Å². The van der Waals surface area contributed by atoms with E-state index in [1.54, 1.807) is 0 Å². The molecular formula is C34H48N2O4. The van der Waals surface area contributed by atoms with Gasteiger partial charge in [0, 0.05) is 22.3 Å². The Hall–Kier alpha value is -2.42. The molecule has 0 radical (unpaired) electrons. The van der Waals surface area contributed by atoms with Crippen LogP contribution < -0.4 is 5.32 Å². The van der Waals surface area contributed by atoms with Crippen molar-refractivity contribution in [2.75, 3.05) is 0 Å². The Bertz CT molecular complexity index is 1270. The number of alkyl carbamates (subject to hydrolysis) is 1. The van der Waals surface area contributed by atoms with E-state index in [0.29, 0.717) is 0 Å². The number of nitrogens with zero attached hydrogens (tertiary/aromatic N) is 1. The highest BCUT2D eigenvalue weighted by atomic mass is 16.6. The summed E-state index contributed by atoms with van der Waals surface area (Å²) in [4.78, 5) is 40.8. The molecule has 0 unspecified atom stereocenters. The van der Waals surface area contributed by atoms with Gasteiger partial charge in [-0.15, -0.1) is 0 Å². The van der Waals surface area contributed by atoms with Gasteiger partial charge >= 0.3 is 6.09 Å². The number of carbonyl (C=O) groups excluding carboxylic acids is 3. The summed E-state index contributed by atoms with van der Waals surface area (Å²) in [7, 11) is 0. The summed E-state index contributed by atoms with van der Waals surface area (Å²) < 4.78 is 5.56. The second-order valence-electron chi connectivity index (χ2n) is 16.0. The van der Waals surface area contributed by atoms with E-state index in [2.05, 4.69) is 46.0 Å². The zero-order valence-corrected chi connectivity index (χ0v) is 26.0. The van der Waals surface area contributed by atoms with Gasteiger partial charge in [-0.1, -0.05) is 60.1 Å². The first-order chi connectivity index (χ1) is 18.4. The summed E-state index contributed by atoms with van der Waals surface area (Å²) >= 11 is 0. The van der Waals surface area contributed by atoms with Crippen LogP contribution in [0.2, 0.25) is 0 Å². The molecule has 0 heterocycles. The molecule has 6 nitrogen and oxygen atoms in total. The van der Waals surface area contributed by atoms with Gasteiger partial charge in [0.15, 0.2) is 11.6 Å². The van der Waals surface area contributed by atoms with E-state index < -0.39 is 16.4 Å². The molecule has 7 atom stereocenters. The molecule has 0 aromatic carbocycles. The molecule has 5 aliphatic rings. The number of rotatable bonds is 2. The SMILES string of the molecule is CC(C)OC(=O)N[C@]12CCC(C)(C)C[C@H]1[C@H]1C(=O)C=C3[C@@]4(C)C=C(C#N)C(=O)C(C)(C)[C@@H]4CC[C@@]3(C)[C@]1(C)CC2. The maximum atomic E-state index is 14.5. The lowest BCUT2D eigenvalue weighted by molar-refractivity contribution is -0.161. The summed E-state index contributed by atoms with van der Waals surface area (Å²) in [5, 5.41) is 13.2. The van der Waals surface area contributed by atoms with Crippen LogP contribution in [-0.4, -0.2) is 29.3 Å². The van der Waals surface area contributed by atoms with Crippen LogP contribution in [0.15, 0.2) is 23.3 Å². The highest BCUT2D eigenvalue weighted by Crippen LogP contribution is 2.73. The number of nitriles is 1. The Morgan fingerprint density at radius 1 is 1.02 bits per heavy atom. The van der Waals surface area contributed by atoms with Crippen LogP contribution in [0.5, 0.6) is 0 Å². The number of hydrogen-bond donors (Lipinski definition) is 1. The number of hydrogen-bond acceptors (Lipinski definition) is 5. The zero-order chi connectivity index (χ0) is 29.7. The number of fused-ring (bicyclic) bond motifs is 7. The fraction of sp³-hybridized carbons (Fsp3) is 0.765. The minimum Gasteiger partial charge on any atom is -0.447 e. The van der Waals surface area contributed by atoms with Crippen LogP contribution in [0.1, 0.15) is 107 Å². The maximum Gasteiger partial charge on any atom is 0.407 e. The quantitative estimate of drug-likeness (QED) is 0.397. The number of nitrogens with one attached hydrogen (secondary N) is 1. The van der Waals surface area contributed by atoms with Crippen molar-refractivity contribution in [2.24, 2.45) is 44.8 Å². The topological polar surface area (TPSA) is 96.3 Å². The molecule has 3 fully saturated rings. The average Bonchev–Trinajstić information content (AvgIpc) is 2.83. The molecule has 0 saturated heterocycles. The Balaban J connectivity index is 1.64. The van der Waals surface area contributed by atoms with Crippen LogP contribution in [0.4, 0.5) is 4.79 Å². The van der Waals surface area contributed by atoms with Crippen LogP contribution >= 0.6 is 0 Å². The van der Waals surface area contributed by atoms with E-state index in [4.69, 9.17) is 4.74 Å². The molecule has 0 bridgehead atoms. The lowest BCUT2D eigenvalue weighted by Gasteiger charge is -2.69. The zero-order valence-electron chi connectivity index (χ0n) is 26.0. The number of ether oxygens (including phenoxy) is 1. The van der Waals surface area contributed by atoms with Crippen LogP contribution in [0.25, 0.3) is 0 Å². The summed E-state index contributed by atoms with van der Waals surface area (Å²) in [5.41, 5.74) is -0.857. The van der Waals surface area contributed by atoms with E-state index in [1.165, 1.54) is 0 Å². The minimum absolute atomic E-state index is 0.0111. The first kappa shape index (κ1) is 29.1. The van der Waals surface area contributed by atoms with Gasteiger partial charge in [0.25, 0.3) is 0 Å². The van der Waals surface area contributed by atoms with Crippen LogP contribution in [-0.2, 0) is 14.3 Å². The number of amides is 1. The number of ketones is 2. The third-order valence-corrected chi connectivity index (χ3v) is 12.6. The smallest absolute Gasteiger partial charge is 0.407 e. The van der Waals surface area contributed by atoms with Gasteiger partial charge in [-0.2, -0.15) is 5.26 Å². The van der Waals surface area contributed by atoms with Gasteiger partial charge in [0.1, 0.15) is 6.07 Å². The van der Waals surface area contributed by atoms with E-state index in [0.717, 1.165) is 50.5 Å². The standard InChI is InChI=1S/C34H48N2O4/c1-20(2)40-28(39)36-34-14-12-29(3,4)18-22(34)26-23(37)16-25-31(7)17-21(19-35)27(38)30(5,6)24(31)10-11-32(25,8)33(26,9)13-15-34/h16-17,20,22,24,26H,10-15,18H2,1-9H3,(H,36,39)/t22-,24-,26-,31-,32+,33+,34-/m0/s1. The fourth-order valence-electron chi connectivity index (χ4n) is 10.3. The predicted molar refractivity (Wildman–Crippen MR) is 154 cm³/mol. The lowest BCUT2D eigenvalue weighted by Crippen LogP contribution is -2.69. The van der Waals surface area contributed by atoms with Gasteiger partial charge in [0.05, 0.1) is 11.7 Å². The largest absolute Gasteiger partial charge is 0.447 e. The number of carbonyl (C=O) groups is 3. The molecular weight excluding hydrogens is 500 g/mol. The minimum atomic E-state index is -0.673. The van der Waals surface area contributed by atoms with E-state index in [-0.39, 0.29) is 63.3 Å². The Morgan fingerprint density at radius 3 is 2.30 bits per heavy atom. The van der Waals surface area contributed by atoms with Crippen LogP contribution in [0.3, 0.4) is 0 Å². The molecule has 0 aromatic rings. The van der Waals surface area contributed by atoms with Gasteiger partial charge < -0.3 is 10.1 Å². The predicted octanol–water partition coefficient (Wildman–Crippen LogP) is 7.09. The Kier molecular flexibility index (Phi) is 6.39. The first-order valence-corrected chi connectivity index (χ1v) is 15.3. The third-order valence-electron chi connectivity index (χ3n) is 12.6. The molecule has 5 aliphatic carbocycles. The van der Waals surface area contributed by atoms with Crippen molar-refractivity contribution in [2.45, 2.75) is 119 Å². The highest BCUT2D eigenvalue weighted by molar-refractivity contribution is 6.04. The molecule has 40 heavy (non-hydrogen) atoms. The highest BCUT2D eigenvalue weighted by Gasteiger charge is 2.70. The molecule has 6 heteroatoms. The normalized spacial score (nSPS) is 43.2. The van der Waals surface area contributed by atoms with Crippen molar-refractivity contribution in [1.29, 1.82) is 5.26 Å². The molecule has 0 aliphatic heterocycles. The van der Waals surface area contributed by atoms with Gasteiger partial charge in [0.2, 0.25) is 0 Å². The Labute approximate surface area is 240 Å². The van der Waals surface area contributed by atoms with Crippen molar-refractivity contribution in [3.05, 3.63) is 23.3 Å². The summed E-state index contributed by atoms with van der Waals surface area (Å²) in [5.74, 6) is -0.118. The first-order valence-electron chi connectivity index (χ1n) is 15.3.